The average molecular weight is 763 g/mol. The summed E-state index contributed by atoms with van der Waals surface area (Å²) >= 11 is 0. The Bertz CT molecular complexity index is 2280. The van der Waals surface area contributed by atoms with Crippen LogP contribution in [0.3, 0.4) is 0 Å². The summed E-state index contributed by atoms with van der Waals surface area (Å²) in [5.41, 5.74) is 6.91. The number of rotatable bonds is 6. The van der Waals surface area contributed by atoms with Gasteiger partial charge in [0.2, 0.25) is 0 Å². The molecule has 2 aliphatic carbocycles. The van der Waals surface area contributed by atoms with Crippen LogP contribution in [0.15, 0.2) is 48.0 Å². The van der Waals surface area contributed by atoms with E-state index in [1.807, 2.05) is 0 Å². The van der Waals surface area contributed by atoms with E-state index in [1.54, 1.807) is 7.11 Å². The van der Waals surface area contributed by atoms with Crippen LogP contribution in [0.25, 0.3) is 21.8 Å². The number of aromatic amines is 2. The summed E-state index contributed by atoms with van der Waals surface area (Å²) in [6.07, 6.45) is 6.81. The van der Waals surface area contributed by atoms with E-state index in [4.69, 9.17) is 18.9 Å². The zero-order valence-electron chi connectivity index (χ0n) is 33.2. The molecule has 5 fully saturated rings. The van der Waals surface area contributed by atoms with Gasteiger partial charge in [-0.15, -0.1) is 0 Å². The van der Waals surface area contributed by atoms with Crippen LogP contribution in [0.2, 0.25) is 0 Å². The molecule has 4 saturated heterocycles. The van der Waals surface area contributed by atoms with Gasteiger partial charge >= 0.3 is 11.9 Å². The minimum Gasteiger partial charge on any atom is -0.496 e. The lowest BCUT2D eigenvalue weighted by Crippen LogP contribution is -2.71. The maximum Gasteiger partial charge on any atom is 0.319 e. The maximum absolute atomic E-state index is 14.6. The maximum atomic E-state index is 14.6. The molecule has 296 valence electrons. The summed E-state index contributed by atoms with van der Waals surface area (Å²) in [6.45, 7) is 6.64. The predicted molar refractivity (Wildman–Crippen MR) is 212 cm³/mol. The lowest BCUT2D eigenvalue weighted by Gasteiger charge is -2.61. The van der Waals surface area contributed by atoms with Gasteiger partial charge in [-0.1, -0.05) is 43.2 Å². The van der Waals surface area contributed by atoms with Gasteiger partial charge in [0.1, 0.15) is 16.6 Å². The third-order valence-electron chi connectivity index (χ3n) is 15.5. The lowest BCUT2D eigenvalue weighted by atomic mass is 9.54. The van der Waals surface area contributed by atoms with Crippen LogP contribution in [0.1, 0.15) is 73.5 Å². The number of H-pyrrole nitrogens is 2. The molecule has 2 aromatic heterocycles. The zero-order valence-corrected chi connectivity index (χ0v) is 33.2. The molecule has 2 aromatic carbocycles. The minimum atomic E-state index is -0.909. The number of ether oxygens (including phenoxy) is 4. The summed E-state index contributed by atoms with van der Waals surface area (Å²) in [5, 5.41) is 12.9. The van der Waals surface area contributed by atoms with Crippen molar-refractivity contribution in [3.63, 3.8) is 0 Å². The number of carbonyl (C=O) groups excluding carboxylic acids is 2. The zero-order chi connectivity index (χ0) is 38.7. The second-order valence-corrected chi connectivity index (χ2v) is 17.3. The molecular formula is C45H54N4O7. The monoisotopic (exact) mass is 762 g/mol. The lowest BCUT2D eigenvalue weighted by molar-refractivity contribution is -0.199. The number of fused-ring (bicyclic) bond motifs is 7. The van der Waals surface area contributed by atoms with Crippen molar-refractivity contribution in [2.24, 2.45) is 23.2 Å². The molecule has 7 heterocycles. The normalized spacial score (nSPS) is 36.3. The molecule has 56 heavy (non-hydrogen) atoms. The topological polar surface area (TPSA) is 129 Å². The first-order valence-corrected chi connectivity index (χ1v) is 20.6. The quantitative estimate of drug-likeness (QED) is 0.171. The second kappa shape index (κ2) is 13.2. The summed E-state index contributed by atoms with van der Waals surface area (Å²) in [6, 6.07) is 12.6. The van der Waals surface area contributed by atoms with Crippen molar-refractivity contribution >= 4 is 33.7 Å². The van der Waals surface area contributed by atoms with Crippen LogP contribution in [0.4, 0.5) is 0 Å². The van der Waals surface area contributed by atoms with Gasteiger partial charge in [-0.2, -0.15) is 0 Å². The van der Waals surface area contributed by atoms with E-state index < -0.39 is 10.8 Å². The first-order valence-electron chi connectivity index (χ1n) is 20.6. The number of methoxy groups -OCH3 is 3. The number of esters is 2. The van der Waals surface area contributed by atoms with Crippen molar-refractivity contribution < 1.29 is 33.6 Å². The number of piperidine rings is 3. The van der Waals surface area contributed by atoms with E-state index in [0.717, 1.165) is 82.4 Å². The van der Waals surface area contributed by atoms with Gasteiger partial charge in [0.05, 0.1) is 46.8 Å². The van der Waals surface area contributed by atoms with Crippen molar-refractivity contribution in [1.82, 2.24) is 19.8 Å². The summed E-state index contributed by atoms with van der Waals surface area (Å²) in [5.74, 6) is 0.425. The standard InChI is InChI=1S/C45H54N4O7/c1-6-24-16-26-19-44(42(51)54-4)40-29(14-15-49(41(24)44)34(26)21-50)28-12-13-35(53-3)37(39(28)47-40)31-17-32-25(7-2)20-48-23-56-22-45(32,43(52)55-5)36(48)18-30-27-10-8-9-11-33(27)46-38(30)31/h7-13,24,26,31-32,34,36,41,46-47,50H,6,14-23H2,1-5H3/b25-7-/t24-,26+,31-,32+,34+,36-,41-,44+,45-/m0/s1. The smallest absolute Gasteiger partial charge is 0.319 e. The van der Waals surface area contributed by atoms with Crippen LogP contribution < -0.4 is 4.74 Å². The third kappa shape index (κ3) is 4.60. The van der Waals surface area contributed by atoms with E-state index in [0.29, 0.717) is 38.5 Å². The number of aliphatic hydroxyl groups excluding tert-OH is 1. The number of nitrogens with one attached hydrogen (secondary N) is 2. The van der Waals surface area contributed by atoms with Crippen LogP contribution in [-0.4, -0.2) is 109 Å². The van der Waals surface area contributed by atoms with E-state index in [9.17, 15) is 14.7 Å². The van der Waals surface area contributed by atoms with Crippen LogP contribution in [0, 0.1) is 23.2 Å². The van der Waals surface area contributed by atoms with E-state index >= 15 is 0 Å². The number of carbonyl (C=O) groups is 2. The Morgan fingerprint density at radius 2 is 1.86 bits per heavy atom. The fourth-order valence-electron chi connectivity index (χ4n) is 13.3. The van der Waals surface area contributed by atoms with Crippen molar-refractivity contribution in [1.29, 1.82) is 0 Å². The number of nitrogens with zero attached hydrogens (tertiary/aromatic N) is 2. The largest absolute Gasteiger partial charge is 0.496 e. The van der Waals surface area contributed by atoms with Crippen LogP contribution in [-0.2, 0) is 42.1 Å². The highest BCUT2D eigenvalue weighted by Crippen LogP contribution is 2.60. The number of allylic oxidation sites excluding steroid dienone is 1. The predicted octanol–water partition coefficient (Wildman–Crippen LogP) is 5.58. The molecule has 11 rings (SSSR count). The molecule has 0 radical (unpaired) electrons. The van der Waals surface area contributed by atoms with Gasteiger partial charge in [0.15, 0.2) is 0 Å². The van der Waals surface area contributed by atoms with Crippen molar-refractivity contribution in [3.05, 3.63) is 76.1 Å². The fraction of sp³-hybridized carbons (Fsp3) is 0.556. The van der Waals surface area contributed by atoms with E-state index in [2.05, 4.69) is 76.1 Å². The highest BCUT2D eigenvalue weighted by molar-refractivity contribution is 5.95. The Morgan fingerprint density at radius 3 is 2.61 bits per heavy atom. The van der Waals surface area contributed by atoms with Gasteiger partial charge in [0.25, 0.3) is 0 Å². The number of hydrogen-bond acceptors (Lipinski definition) is 9. The molecule has 0 amide bonds. The molecule has 2 unspecified atom stereocenters. The molecule has 3 N–H and O–H groups in total. The van der Waals surface area contributed by atoms with Crippen molar-refractivity contribution in [2.45, 2.75) is 81.8 Å². The first-order chi connectivity index (χ1) is 27.3. The Kier molecular flexibility index (Phi) is 8.53. The molecule has 7 aliphatic rings. The number of aliphatic hydroxyl groups is 1. The molecule has 4 aromatic rings. The second-order valence-electron chi connectivity index (χ2n) is 17.3. The molecule has 11 nitrogen and oxygen atoms in total. The van der Waals surface area contributed by atoms with Gasteiger partial charge in [0, 0.05) is 76.3 Å². The van der Waals surface area contributed by atoms with E-state index in [-0.39, 0.29) is 54.4 Å². The number of para-hydroxylation sites is 1. The summed E-state index contributed by atoms with van der Waals surface area (Å²) in [7, 11) is 4.76. The Hall–Kier alpha value is -4.16. The highest BCUT2D eigenvalue weighted by Gasteiger charge is 2.66. The fourth-order valence-corrected chi connectivity index (χ4v) is 13.3. The molecule has 5 aliphatic heterocycles. The average Bonchev–Trinajstić information content (AvgIpc) is 3.75. The molecular weight excluding hydrogens is 709 g/mol. The molecule has 1 saturated carbocycles. The van der Waals surface area contributed by atoms with E-state index in [1.165, 1.54) is 25.4 Å². The number of benzene rings is 2. The van der Waals surface area contributed by atoms with Gasteiger partial charge in [-0.25, -0.2) is 0 Å². The van der Waals surface area contributed by atoms with Crippen molar-refractivity contribution in [2.75, 3.05) is 54.4 Å². The summed E-state index contributed by atoms with van der Waals surface area (Å²) in [4.78, 5) is 41.7. The number of hydrogen-bond donors (Lipinski definition) is 3. The molecule has 0 spiro atoms. The number of aromatic nitrogens is 2. The van der Waals surface area contributed by atoms with Gasteiger partial charge in [-0.05, 0) is 80.2 Å². The Morgan fingerprint density at radius 1 is 1.04 bits per heavy atom. The molecule has 11 heteroatoms. The Labute approximate surface area is 327 Å². The van der Waals surface area contributed by atoms with Gasteiger partial charge in [-0.3, -0.25) is 19.4 Å². The molecule has 8 bridgehead atoms. The Balaban J connectivity index is 1.25. The van der Waals surface area contributed by atoms with Gasteiger partial charge < -0.3 is 34.0 Å². The van der Waals surface area contributed by atoms with Crippen LogP contribution in [0.5, 0.6) is 5.75 Å². The SMILES string of the molecule is C/C=C1/CN2COC[C@]3(C(=O)OC)[C@@H]1C[C@@H](c1c(OC)ccc4c5c([nH]c14)[C@]1(C(=O)OC)C[C@H]4C[C@H](CC)[C@@H]1N(CC5)[C@@H]4CO)c1[nH]c4ccccc4c1C[C@H]23. The summed E-state index contributed by atoms with van der Waals surface area (Å²) < 4.78 is 24.2. The molecule has 11 atom stereocenters. The van der Waals surface area contributed by atoms with Crippen molar-refractivity contribution in [3.8, 4) is 5.75 Å². The first kappa shape index (κ1) is 36.2. The minimum absolute atomic E-state index is 0.0313. The highest BCUT2D eigenvalue weighted by atomic mass is 16.5. The van der Waals surface area contributed by atoms with Crippen LogP contribution >= 0.6 is 0 Å². The third-order valence-corrected chi connectivity index (χ3v) is 15.5.